The summed E-state index contributed by atoms with van der Waals surface area (Å²) >= 11 is 4.88. The van der Waals surface area contributed by atoms with Gasteiger partial charge in [-0.05, 0) is 35.0 Å². The van der Waals surface area contributed by atoms with Gasteiger partial charge in [0.15, 0.2) is 5.16 Å². The largest absolute Gasteiger partial charge is 0.332 e. The molecule has 0 aliphatic carbocycles. The van der Waals surface area contributed by atoms with E-state index in [4.69, 9.17) is 4.98 Å². The van der Waals surface area contributed by atoms with Crippen LogP contribution in [0.1, 0.15) is 5.82 Å². The van der Waals surface area contributed by atoms with Crippen molar-refractivity contribution >= 4 is 45.3 Å². The molecule has 4 aromatic heterocycles. The topological polar surface area (TPSA) is 74.4 Å². The van der Waals surface area contributed by atoms with Gasteiger partial charge >= 0.3 is 0 Å². The highest BCUT2D eigenvalue weighted by Crippen LogP contribution is 2.37. The Hall–Kier alpha value is -2.68. The minimum Gasteiger partial charge on any atom is -0.332 e. The van der Waals surface area contributed by atoms with E-state index in [2.05, 4.69) is 37.8 Å². The molecule has 0 atom stereocenters. The van der Waals surface area contributed by atoms with Crippen LogP contribution < -0.4 is 5.56 Å². The van der Waals surface area contributed by atoms with Crippen molar-refractivity contribution in [2.45, 2.75) is 10.9 Å². The van der Waals surface area contributed by atoms with Crippen molar-refractivity contribution in [3.8, 4) is 21.1 Å². The number of nitrogens with zero attached hydrogens (tertiary/aromatic N) is 2. The Bertz CT molecular complexity index is 1240. The number of hydrogen-bond acceptors (Lipinski definition) is 6. The monoisotopic (exact) mass is 422 g/mol. The lowest BCUT2D eigenvalue weighted by molar-refractivity contribution is 1.02. The number of nitrogens with one attached hydrogen (secondary N) is 2. The normalized spacial score (nSPS) is 11.3. The standard InChI is InChI=1S/C20H14N4OS3/c25-19-12-5-1-2-6-13(12)21-16(22-19)11-28-20-23-17(14-7-3-9-26-14)18(24-20)15-8-4-10-27-15/h1-10H,11H2,(H,23,24)(H,21,22,25). The van der Waals surface area contributed by atoms with Gasteiger partial charge in [-0.15, -0.1) is 22.7 Å². The molecule has 0 spiro atoms. The third-order valence-electron chi connectivity index (χ3n) is 4.21. The maximum Gasteiger partial charge on any atom is 0.258 e. The van der Waals surface area contributed by atoms with Crippen molar-refractivity contribution in [2.24, 2.45) is 0 Å². The Morgan fingerprint density at radius 2 is 1.68 bits per heavy atom. The Morgan fingerprint density at radius 3 is 2.46 bits per heavy atom. The molecule has 0 radical (unpaired) electrons. The summed E-state index contributed by atoms with van der Waals surface area (Å²) < 4.78 is 0. The van der Waals surface area contributed by atoms with Crippen LogP contribution in [-0.2, 0) is 5.75 Å². The van der Waals surface area contributed by atoms with Gasteiger partial charge in [-0.1, -0.05) is 36.0 Å². The quantitative estimate of drug-likeness (QED) is 0.372. The van der Waals surface area contributed by atoms with Gasteiger partial charge in [-0.25, -0.2) is 9.97 Å². The van der Waals surface area contributed by atoms with Crippen molar-refractivity contribution in [1.29, 1.82) is 0 Å². The fourth-order valence-corrected chi connectivity index (χ4v) is 5.14. The van der Waals surface area contributed by atoms with E-state index in [1.165, 1.54) is 11.8 Å². The van der Waals surface area contributed by atoms with Gasteiger partial charge in [0.05, 0.1) is 32.1 Å². The average molecular weight is 423 g/mol. The van der Waals surface area contributed by atoms with Gasteiger partial charge in [0.1, 0.15) is 11.5 Å². The molecule has 0 fully saturated rings. The Labute approximate surface area is 172 Å². The predicted octanol–water partition coefficient (Wildman–Crippen LogP) is 5.40. The van der Waals surface area contributed by atoms with Crippen LogP contribution in [0, 0.1) is 0 Å². The van der Waals surface area contributed by atoms with E-state index in [1.807, 2.05) is 30.3 Å². The van der Waals surface area contributed by atoms with Crippen LogP contribution in [0.5, 0.6) is 0 Å². The number of rotatable bonds is 5. The van der Waals surface area contributed by atoms with Gasteiger partial charge in [0.2, 0.25) is 0 Å². The first-order chi connectivity index (χ1) is 13.8. The van der Waals surface area contributed by atoms with Gasteiger partial charge in [-0.2, -0.15) is 0 Å². The second kappa shape index (κ2) is 7.38. The fourth-order valence-electron chi connectivity index (χ4n) is 2.95. The molecule has 0 unspecified atom stereocenters. The molecule has 28 heavy (non-hydrogen) atoms. The van der Waals surface area contributed by atoms with Crippen LogP contribution in [0.15, 0.2) is 69.2 Å². The number of aromatic nitrogens is 4. The first-order valence-electron chi connectivity index (χ1n) is 8.56. The molecule has 5 aromatic rings. The molecule has 0 aliphatic rings. The molecule has 8 heteroatoms. The van der Waals surface area contributed by atoms with Crippen molar-refractivity contribution in [3.63, 3.8) is 0 Å². The van der Waals surface area contributed by atoms with E-state index in [1.54, 1.807) is 28.7 Å². The van der Waals surface area contributed by atoms with Crippen LogP contribution in [0.3, 0.4) is 0 Å². The summed E-state index contributed by atoms with van der Waals surface area (Å²) in [6.07, 6.45) is 0. The van der Waals surface area contributed by atoms with Crippen LogP contribution in [0.2, 0.25) is 0 Å². The van der Waals surface area contributed by atoms with Crippen LogP contribution in [0.4, 0.5) is 0 Å². The number of benzene rings is 1. The summed E-state index contributed by atoms with van der Waals surface area (Å²) in [5.41, 5.74) is 2.58. The highest BCUT2D eigenvalue weighted by atomic mass is 32.2. The number of imidazole rings is 1. The summed E-state index contributed by atoms with van der Waals surface area (Å²) in [4.78, 5) is 30.2. The van der Waals surface area contributed by atoms with E-state index in [9.17, 15) is 4.79 Å². The van der Waals surface area contributed by atoms with Crippen molar-refractivity contribution in [1.82, 2.24) is 19.9 Å². The number of aromatic amines is 2. The first kappa shape index (κ1) is 17.4. The lowest BCUT2D eigenvalue weighted by atomic mass is 10.2. The zero-order valence-corrected chi connectivity index (χ0v) is 17.0. The fraction of sp³-hybridized carbons (Fsp3) is 0.0500. The van der Waals surface area contributed by atoms with Gasteiger partial charge in [0, 0.05) is 0 Å². The van der Waals surface area contributed by atoms with E-state index < -0.39 is 0 Å². The molecule has 0 aliphatic heterocycles. The molecular formula is C20H14N4OS3. The number of fused-ring (bicyclic) bond motifs is 1. The lowest BCUT2D eigenvalue weighted by Gasteiger charge is -2.01. The second-order valence-electron chi connectivity index (χ2n) is 6.04. The Kier molecular flexibility index (Phi) is 4.59. The van der Waals surface area contributed by atoms with E-state index >= 15 is 0 Å². The molecule has 5 nitrogen and oxygen atoms in total. The Balaban J connectivity index is 1.46. The predicted molar refractivity (Wildman–Crippen MR) is 117 cm³/mol. The third-order valence-corrected chi connectivity index (χ3v) is 6.86. The summed E-state index contributed by atoms with van der Waals surface area (Å²) in [5.74, 6) is 1.17. The minimum absolute atomic E-state index is 0.112. The zero-order chi connectivity index (χ0) is 18.9. The number of H-pyrrole nitrogens is 2. The molecular weight excluding hydrogens is 408 g/mol. The number of thiophene rings is 2. The van der Waals surface area contributed by atoms with Crippen LogP contribution in [0.25, 0.3) is 32.0 Å². The SMILES string of the molecule is O=c1[nH]c(CSc2nc(-c3cccs3)c(-c3cccs3)[nH]2)nc2ccccc12. The first-order valence-corrected chi connectivity index (χ1v) is 11.3. The average Bonchev–Trinajstić information content (AvgIpc) is 3.47. The molecule has 0 amide bonds. The van der Waals surface area contributed by atoms with Crippen molar-refractivity contribution in [2.75, 3.05) is 0 Å². The van der Waals surface area contributed by atoms with Gasteiger partial charge in [-0.3, -0.25) is 4.79 Å². The van der Waals surface area contributed by atoms with Crippen molar-refractivity contribution in [3.05, 3.63) is 75.5 Å². The summed E-state index contributed by atoms with van der Waals surface area (Å²) in [6, 6.07) is 15.6. The maximum absolute atomic E-state index is 12.3. The molecule has 1 aromatic carbocycles. The minimum atomic E-state index is -0.112. The maximum atomic E-state index is 12.3. The van der Waals surface area contributed by atoms with E-state index in [0.717, 1.165) is 26.3 Å². The highest BCUT2D eigenvalue weighted by Gasteiger charge is 2.16. The molecule has 0 saturated carbocycles. The number of para-hydroxylation sites is 1. The van der Waals surface area contributed by atoms with Crippen molar-refractivity contribution < 1.29 is 0 Å². The molecule has 2 N–H and O–H groups in total. The van der Waals surface area contributed by atoms with Crippen LogP contribution >= 0.6 is 34.4 Å². The van der Waals surface area contributed by atoms with E-state index in [0.29, 0.717) is 22.5 Å². The smallest absolute Gasteiger partial charge is 0.258 e. The van der Waals surface area contributed by atoms with Crippen LogP contribution in [-0.4, -0.2) is 19.9 Å². The van der Waals surface area contributed by atoms with E-state index in [-0.39, 0.29) is 5.56 Å². The molecule has 0 bridgehead atoms. The third kappa shape index (κ3) is 3.30. The Morgan fingerprint density at radius 1 is 0.893 bits per heavy atom. The molecule has 4 heterocycles. The highest BCUT2D eigenvalue weighted by molar-refractivity contribution is 7.98. The second-order valence-corrected chi connectivity index (χ2v) is 8.90. The molecule has 138 valence electrons. The summed E-state index contributed by atoms with van der Waals surface area (Å²) in [5, 5.41) is 5.53. The number of hydrogen-bond donors (Lipinski definition) is 2. The molecule has 0 saturated heterocycles. The lowest BCUT2D eigenvalue weighted by Crippen LogP contribution is -2.11. The zero-order valence-electron chi connectivity index (χ0n) is 14.5. The van der Waals surface area contributed by atoms with Gasteiger partial charge in [0.25, 0.3) is 5.56 Å². The number of thioether (sulfide) groups is 1. The summed E-state index contributed by atoms with van der Waals surface area (Å²) in [7, 11) is 0. The van der Waals surface area contributed by atoms with Gasteiger partial charge < -0.3 is 9.97 Å². The molecule has 5 rings (SSSR count). The summed E-state index contributed by atoms with van der Waals surface area (Å²) in [6.45, 7) is 0.